The molecule has 0 saturated carbocycles. The van der Waals surface area contributed by atoms with E-state index in [4.69, 9.17) is 18.8 Å². The number of aliphatic imine (C=N–C) groups is 2. The van der Waals surface area contributed by atoms with Crippen LogP contribution in [0.15, 0.2) is 207 Å². The summed E-state index contributed by atoms with van der Waals surface area (Å²) in [5.41, 5.74) is 10.8. The van der Waals surface area contributed by atoms with Crippen LogP contribution in [-0.2, 0) is 0 Å². The molecule has 1 aliphatic heterocycles. The van der Waals surface area contributed by atoms with Crippen LogP contribution >= 0.6 is 0 Å². The van der Waals surface area contributed by atoms with Crippen LogP contribution in [0, 0.1) is 0 Å². The molecule has 3 heterocycles. The molecule has 0 saturated heterocycles. The van der Waals surface area contributed by atoms with Crippen molar-refractivity contribution < 1.29 is 8.83 Å². The Labute approximate surface area is 333 Å². The number of furan rings is 2. The van der Waals surface area contributed by atoms with E-state index in [-0.39, 0.29) is 6.17 Å². The Morgan fingerprint density at radius 3 is 1.84 bits per heavy atom. The number of amidine groups is 2. The minimum Gasteiger partial charge on any atom is -0.456 e. The summed E-state index contributed by atoms with van der Waals surface area (Å²) in [5, 5.41) is 12.5. The minimum atomic E-state index is -0.327. The maximum Gasteiger partial charge on any atom is 0.160 e. The average molecular weight is 744 g/mol. The van der Waals surface area contributed by atoms with E-state index in [2.05, 4.69) is 151 Å². The second kappa shape index (κ2) is 12.9. The zero-order chi connectivity index (χ0) is 38.2. The number of rotatable bonds is 5. The fraction of sp³-hybridized carbons (Fsp3) is 0.0189. The smallest absolute Gasteiger partial charge is 0.160 e. The Hall–Kier alpha value is -7.76. The van der Waals surface area contributed by atoms with Crippen molar-refractivity contribution in [1.29, 1.82) is 0 Å². The van der Waals surface area contributed by atoms with Crippen molar-refractivity contribution >= 4 is 77.1 Å². The molecular formula is C53H33N3O2. The van der Waals surface area contributed by atoms with E-state index < -0.39 is 0 Å². The third-order valence-corrected chi connectivity index (χ3v) is 11.6. The molecule has 0 aliphatic carbocycles. The molecule has 0 radical (unpaired) electrons. The van der Waals surface area contributed by atoms with E-state index in [1.54, 1.807) is 0 Å². The maximum absolute atomic E-state index is 6.83. The Morgan fingerprint density at radius 2 is 1.02 bits per heavy atom. The average Bonchev–Trinajstić information content (AvgIpc) is 3.88. The highest BCUT2D eigenvalue weighted by molar-refractivity contribution is 6.23. The summed E-state index contributed by atoms with van der Waals surface area (Å²) in [5.74, 6) is 1.48. The quantitative estimate of drug-likeness (QED) is 0.191. The van der Waals surface area contributed by atoms with Crippen molar-refractivity contribution in [1.82, 2.24) is 5.32 Å². The van der Waals surface area contributed by atoms with E-state index in [9.17, 15) is 0 Å². The Balaban J connectivity index is 1.06. The fourth-order valence-corrected chi connectivity index (χ4v) is 8.85. The van der Waals surface area contributed by atoms with Gasteiger partial charge in [-0.1, -0.05) is 152 Å². The highest BCUT2D eigenvalue weighted by atomic mass is 16.3. The summed E-state index contributed by atoms with van der Waals surface area (Å²) in [6.45, 7) is 0. The third-order valence-electron chi connectivity index (χ3n) is 11.6. The second-order valence-electron chi connectivity index (χ2n) is 14.9. The van der Waals surface area contributed by atoms with Crippen LogP contribution in [-0.4, -0.2) is 11.7 Å². The molecule has 5 heteroatoms. The van der Waals surface area contributed by atoms with Crippen LogP contribution in [0.1, 0.15) is 22.9 Å². The van der Waals surface area contributed by atoms with E-state index in [1.807, 2.05) is 42.5 Å². The molecule has 58 heavy (non-hydrogen) atoms. The second-order valence-corrected chi connectivity index (χ2v) is 14.9. The summed E-state index contributed by atoms with van der Waals surface area (Å²) in [4.78, 5) is 10.5. The topological polar surface area (TPSA) is 63.0 Å². The van der Waals surface area contributed by atoms with Gasteiger partial charge < -0.3 is 14.2 Å². The molecule has 0 fully saturated rings. The molecule has 0 amide bonds. The molecule has 0 bridgehead atoms. The first-order valence-corrected chi connectivity index (χ1v) is 19.6. The number of para-hydroxylation sites is 2. The Morgan fingerprint density at radius 1 is 0.414 bits per heavy atom. The minimum absolute atomic E-state index is 0.327. The normalized spacial score (nSPS) is 14.4. The van der Waals surface area contributed by atoms with Crippen molar-refractivity contribution in [3.05, 3.63) is 205 Å². The molecule has 0 spiro atoms. The van der Waals surface area contributed by atoms with Crippen molar-refractivity contribution in [2.45, 2.75) is 6.17 Å². The first-order valence-electron chi connectivity index (χ1n) is 19.6. The first-order chi connectivity index (χ1) is 28.7. The summed E-state index contributed by atoms with van der Waals surface area (Å²) in [6, 6.07) is 65.6. The monoisotopic (exact) mass is 743 g/mol. The molecule has 9 aromatic carbocycles. The zero-order valence-electron chi connectivity index (χ0n) is 31.2. The van der Waals surface area contributed by atoms with Gasteiger partial charge in [-0.2, -0.15) is 0 Å². The SMILES string of the molecule is c1ccc(C2=NC(c3ccc(-c4ccc(-c5cccc6oc7ccccc7c56)c5oc6ccccc6c45)c4ccccc34)=NC(c3ccc4ccccc4c3)N2)cc1. The molecule has 2 aromatic heterocycles. The summed E-state index contributed by atoms with van der Waals surface area (Å²) in [7, 11) is 0. The van der Waals surface area contributed by atoms with E-state index in [1.165, 1.54) is 10.8 Å². The highest BCUT2D eigenvalue weighted by Crippen LogP contribution is 2.46. The van der Waals surface area contributed by atoms with Gasteiger partial charge in [0.15, 0.2) is 5.84 Å². The van der Waals surface area contributed by atoms with Crippen LogP contribution in [0.2, 0.25) is 0 Å². The molecule has 12 rings (SSSR count). The summed E-state index contributed by atoms with van der Waals surface area (Å²) in [6.07, 6.45) is -0.327. The van der Waals surface area contributed by atoms with Crippen molar-refractivity contribution in [2.24, 2.45) is 9.98 Å². The predicted octanol–water partition coefficient (Wildman–Crippen LogP) is 13.6. The van der Waals surface area contributed by atoms with Gasteiger partial charge in [0, 0.05) is 38.2 Å². The number of benzene rings is 9. The molecule has 1 aliphatic rings. The molecular weight excluding hydrogens is 711 g/mol. The molecule has 1 N–H and O–H groups in total. The number of hydrogen-bond acceptors (Lipinski definition) is 5. The lowest BCUT2D eigenvalue weighted by Gasteiger charge is -2.24. The van der Waals surface area contributed by atoms with Crippen molar-refractivity contribution in [3.8, 4) is 22.3 Å². The van der Waals surface area contributed by atoms with Gasteiger partial charge in [0.25, 0.3) is 0 Å². The number of fused-ring (bicyclic) bond motifs is 8. The van der Waals surface area contributed by atoms with E-state index >= 15 is 0 Å². The zero-order valence-corrected chi connectivity index (χ0v) is 31.2. The molecule has 5 nitrogen and oxygen atoms in total. The lowest BCUT2D eigenvalue weighted by atomic mass is 9.89. The van der Waals surface area contributed by atoms with Gasteiger partial charge >= 0.3 is 0 Å². The van der Waals surface area contributed by atoms with Gasteiger partial charge in [0.2, 0.25) is 0 Å². The number of nitrogens with zero attached hydrogens (tertiary/aromatic N) is 2. The van der Waals surface area contributed by atoms with Crippen LogP contribution in [0.4, 0.5) is 0 Å². The van der Waals surface area contributed by atoms with Crippen molar-refractivity contribution in [2.75, 3.05) is 0 Å². The molecule has 272 valence electrons. The maximum atomic E-state index is 6.83. The summed E-state index contributed by atoms with van der Waals surface area (Å²) < 4.78 is 13.1. The first kappa shape index (κ1) is 32.5. The van der Waals surface area contributed by atoms with Crippen LogP contribution < -0.4 is 5.32 Å². The lowest BCUT2D eigenvalue weighted by molar-refractivity contribution is 0.668. The largest absolute Gasteiger partial charge is 0.456 e. The fourth-order valence-electron chi connectivity index (χ4n) is 8.85. The van der Waals surface area contributed by atoms with Crippen LogP contribution in [0.3, 0.4) is 0 Å². The molecule has 11 aromatic rings. The van der Waals surface area contributed by atoms with Gasteiger partial charge in [-0.25, -0.2) is 9.98 Å². The Kier molecular flexibility index (Phi) is 7.23. The van der Waals surface area contributed by atoms with E-state index in [0.717, 1.165) is 99.4 Å². The van der Waals surface area contributed by atoms with Crippen LogP contribution in [0.25, 0.3) is 87.7 Å². The van der Waals surface area contributed by atoms with Gasteiger partial charge in [-0.15, -0.1) is 0 Å². The lowest BCUT2D eigenvalue weighted by Crippen LogP contribution is -2.33. The van der Waals surface area contributed by atoms with Crippen molar-refractivity contribution in [3.63, 3.8) is 0 Å². The van der Waals surface area contributed by atoms with Gasteiger partial charge in [0.1, 0.15) is 34.3 Å². The molecule has 1 atom stereocenters. The standard InChI is InChI=1S/C53H33N3O2/c1-2-14-33(15-3-1)51-54-52(35-26-25-32-13-4-5-16-34(32)31-35)56-53(55-51)42-30-27-38(36-17-6-7-18-37(36)42)40-28-29-41(50-49(40)44-20-9-11-23-46(44)58-50)39-21-12-24-47-48(39)43-19-8-10-22-45(43)57-47/h1-31,52H,(H,54,55,56). The number of nitrogens with one attached hydrogen (secondary N) is 1. The van der Waals surface area contributed by atoms with E-state index in [0.29, 0.717) is 5.84 Å². The Bertz CT molecular complexity index is 3500. The van der Waals surface area contributed by atoms with Gasteiger partial charge in [-0.05, 0) is 80.2 Å². The van der Waals surface area contributed by atoms with Gasteiger partial charge in [-0.3, -0.25) is 0 Å². The third kappa shape index (κ3) is 5.10. The highest BCUT2D eigenvalue weighted by Gasteiger charge is 2.25. The molecule has 1 unspecified atom stereocenters. The van der Waals surface area contributed by atoms with Crippen LogP contribution in [0.5, 0.6) is 0 Å². The predicted molar refractivity (Wildman–Crippen MR) is 239 cm³/mol. The summed E-state index contributed by atoms with van der Waals surface area (Å²) >= 11 is 0. The van der Waals surface area contributed by atoms with Gasteiger partial charge in [0.05, 0.1) is 0 Å². The number of hydrogen-bond donors (Lipinski definition) is 1.